The van der Waals surface area contributed by atoms with Crippen LogP contribution in [-0.2, 0) is 19.1 Å². The monoisotopic (exact) mass is 799 g/mol. The molecule has 1 aliphatic rings. The van der Waals surface area contributed by atoms with Gasteiger partial charge in [0, 0.05) is 91.6 Å². The van der Waals surface area contributed by atoms with Gasteiger partial charge in [-0.3, -0.25) is 19.7 Å². The van der Waals surface area contributed by atoms with Gasteiger partial charge in [0.25, 0.3) is 5.91 Å². The standard InChI is InChI=1S/C43H57N7O6S/c1-47(40(52)31-55-4)24-13-25-49(3)41(53)33-19-20-37-38(30-33)57-42(45-37)44-23-12-6-9-18-39(51)48(2)28-29-50-26-21-34(22-27-50)56-43(54)46-36-17-11-10-16-35(36)32-14-7-5-8-15-32/h5,7-8,10-11,14-17,19-20,30,34H,6,9,12-13,18,21-29,31H2,1-4H3,(H,44,45)(H,46,54). The van der Waals surface area contributed by atoms with Crippen LogP contribution in [0.2, 0.25) is 0 Å². The van der Waals surface area contributed by atoms with Crippen LogP contribution in [0.5, 0.6) is 0 Å². The molecule has 1 aromatic heterocycles. The summed E-state index contributed by atoms with van der Waals surface area (Å²) < 4.78 is 11.6. The number of carbonyl (C=O) groups is 4. The molecular weight excluding hydrogens is 743 g/mol. The molecule has 4 amide bonds. The fourth-order valence-corrected chi connectivity index (χ4v) is 7.67. The number of rotatable bonds is 20. The van der Waals surface area contributed by atoms with E-state index in [-0.39, 0.29) is 30.4 Å². The minimum Gasteiger partial charge on any atom is -0.446 e. The number of amides is 4. The number of nitrogens with zero attached hydrogens (tertiary/aromatic N) is 5. The fraction of sp³-hybridized carbons (Fsp3) is 0.465. The van der Waals surface area contributed by atoms with Crippen LogP contribution in [0.25, 0.3) is 21.3 Å². The molecule has 4 aromatic rings. The first kappa shape index (κ1) is 43.1. The van der Waals surface area contributed by atoms with Crippen LogP contribution in [0.4, 0.5) is 15.6 Å². The van der Waals surface area contributed by atoms with E-state index in [1.54, 1.807) is 30.0 Å². The van der Waals surface area contributed by atoms with Crippen molar-refractivity contribution in [1.29, 1.82) is 0 Å². The number of likely N-dealkylation sites (tertiary alicyclic amines) is 1. The van der Waals surface area contributed by atoms with Gasteiger partial charge in [0.05, 0.1) is 15.9 Å². The van der Waals surface area contributed by atoms with Crippen molar-refractivity contribution in [2.24, 2.45) is 0 Å². The van der Waals surface area contributed by atoms with Crippen LogP contribution in [0, 0.1) is 0 Å². The number of anilines is 2. The lowest BCUT2D eigenvalue weighted by molar-refractivity contribution is -0.134. The third-order valence-corrected chi connectivity index (χ3v) is 11.2. The number of thiazole rings is 1. The Morgan fingerprint density at radius 3 is 2.32 bits per heavy atom. The number of ether oxygens (including phenoxy) is 2. The van der Waals surface area contributed by atoms with Crippen molar-refractivity contribution in [2.75, 3.05) is 91.3 Å². The molecule has 2 N–H and O–H groups in total. The maximum absolute atomic E-state index is 13.1. The van der Waals surface area contributed by atoms with Crippen LogP contribution in [0.15, 0.2) is 72.8 Å². The first-order chi connectivity index (χ1) is 27.6. The van der Waals surface area contributed by atoms with Crippen LogP contribution < -0.4 is 10.6 Å². The molecule has 13 nitrogen and oxygen atoms in total. The Labute approximate surface area is 340 Å². The summed E-state index contributed by atoms with van der Waals surface area (Å²) in [6, 6.07) is 23.3. The molecule has 0 radical (unpaired) electrons. The lowest BCUT2D eigenvalue weighted by atomic mass is 10.0. The average molecular weight is 800 g/mol. The van der Waals surface area contributed by atoms with Gasteiger partial charge in [0.2, 0.25) is 11.8 Å². The summed E-state index contributed by atoms with van der Waals surface area (Å²) in [5.74, 6) is 0.00146. The number of methoxy groups -OCH3 is 1. The second-order valence-corrected chi connectivity index (χ2v) is 15.6. The maximum Gasteiger partial charge on any atom is 0.411 e. The average Bonchev–Trinajstić information content (AvgIpc) is 3.64. The molecule has 3 aromatic carbocycles. The molecule has 1 saturated heterocycles. The molecule has 1 aliphatic heterocycles. The molecular formula is C43H57N7O6S. The van der Waals surface area contributed by atoms with Gasteiger partial charge < -0.3 is 34.4 Å². The zero-order valence-electron chi connectivity index (χ0n) is 33.7. The molecule has 0 unspecified atom stereocenters. The third-order valence-electron chi connectivity index (χ3n) is 10.2. The van der Waals surface area contributed by atoms with E-state index < -0.39 is 6.09 Å². The van der Waals surface area contributed by atoms with Crippen molar-refractivity contribution in [3.8, 4) is 11.1 Å². The van der Waals surface area contributed by atoms with Gasteiger partial charge in [0.1, 0.15) is 12.7 Å². The van der Waals surface area contributed by atoms with Crippen molar-refractivity contribution in [3.05, 3.63) is 78.4 Å². The molecule has 14 heteroatoms. The summed E-state index contributed by atoms with van der Waals surface area (Å²) in [7, 11) is 6.87. The van der Waals surface area contributed by atoms with E-state index in [1.807, 2.05) is 78.7 Å². The molecule has 57 heavy (non-hydrogen) atoms. The summed E-state index contributed by atoms with van der Waals surface area (Å²) in [5.41, 5.74) is 4.15. The van der Waals surface area contributed by atoms with Gasteiger partial charge in [-0.05, 0) is 61.9 Å². The van der Waals surface area contributed by atoms with Crippen LogP contribution in [0.1, 0.15) is 55.3 Å². The number of likely N-dealkylation sites (N-methyl/N-ethyl adjacent to an activating group) is 2. The summed E-state index contributed by atoms with van der Waals surface area (Å²) >= 11 is 1.52. The van der Waals surface area contributed by atoms with Crippen molar-refractivity contribution >= 4 is 56.2 Å². The topological polar surface area (TPSA) is 137 Å². The Bertz CT molecular complexity index is 1920. The lowest BCUT2D eigenvalue weighted by Crippen LogP contribution is -2.42. The normalized spacial score (nSPS) is 13.3. The van der Waals surface area contributed by atoms with Crippen molar-refractivity contribution in [1.82, 2.24) is 24.6 Å². The minimum absolute atomic E-state index is 0.0503. The number of para-hydroxylation sites is 1. The van der Waals surface area contributed by atoms with E-state index in [2.05, 4.69) is 20.5 Å². The van der Waals surface area contributed by atoms with E-state index >= 15 is 0 Å². The number of benzene rings is 3. The first-order valence-corrected chi connectivity index (χ1v) is 20.6. The molecule has 0 saturated carbocycles. The van der Waals surface area contributed by atoms with Crippen molar-refractivity contribution < 1.29 is 28.7 Å². The fourth-order valence-electron chi connectivity index (χ4n) is 6.74. The number of fused-ring (bicyclic) bond motifs is 1. The smallest absolute Gasteiger partial charge is 0.411 e. The summed E-state index contributed by atoms with van der Waals surface area (Å²) in [6.07, 6.45) is 4.80. The van der Waals surface area contributed by atoms with Gasteiger partial charge >= 0.3 is 6.09 Å². The molecule has 0 bridgehead atoms. The summed E-state index contributed by atoms with van der Waals surface area (Å²) in [6.45, 7) is 4.98. The highest BCUT2D eigenvalue weighted by Crippen LogP contribution is 2.29. The van der Waals surface area contributed by atoms with E-state index in [9.17, 15) is 19.2 Å². The SMILES string of the molecule is COCC(=O)N(C)CCCN(C)C(=O)c1ccc2nc(NCCCCCC(=O)N(C)CCN3CCC(OC(=O)Nc4ccccc4-c4ccccc4)CC3)sc2c1. The zero-order chi connectivity index (χ0) is 40.6. The Morgan fingerprint density at radius 1 is 0.825 bits per heavy atom. The second kappa shape index (κ2) is 22.0. The minimum atomic E-state index is -0.436. The highest BCUT2D eigenvalue weighted by atomic mass is 32.1. The molecule has 1 fully saturated rings. The number of carbonyl (C=O) groups excluding carboxylic acids is 4. The lowest BCUT2D eigenvalue weighted by Gasteiger charge is -2.32. The van der Waals surface area contributed by atoms with Crippen molar-refractivity contribution in [3.63, 3.8) is 0 Å². The van der Waals surface area contributed by atoms with Crippen LogP contribution >= 0.6 is 11.3 Å². The number of hydrogen-bond donors (Lipinski definition) is 2. The molecule has 306 valence electrons. The first-order valence-electron chi connectivity index (χ1n) is 19.8. The number of unbranched alkanes of at least 4 members (excludes halogenated alkanes) is 2. The molecule has 0 spiro atoms. The Balaban J connectivity index is 0.921. The molecule has 0 atom stereocenters. The Kier molecular flexibility index (Phi) is 16.7. The van der Waals surface area contributed by atoms with E-state index in [1.165, 1.54) is 18.4 Å². The van der Waals surface area contributed by atoms with Crippen molar-refractivity contribution in [2.45, 2.75) is 51.0 Å². The van der Waals surface area contributed by atoms with E-state index in [0.29, 0.717) is 38.0 Å². The van der Waals surface area contributed by atoms with Gasteiger partial charge in [-0.15, -0.1) is 0 Å². The van der Waals surface area contributed by atoms with Gasteiger partial charge in [-0.2, -0.15) is 0 Å². The molecule has 0 aliphatic carbocycles. The largest absolute Gasteiger partial charge is 0.446 e. The molecule has 5 rings (SSSR count). The number of piperidine rings is 1. The highest BCUT2D eigenvalue weighted by Gasteiger charge is 2.23. The second-order valence-electron chi connectivity index (χ2n) is 14.6. The van der Waals surface area contributed by atoms with Gasteiger partial charge in [-0.25, -0.2) is 9.78 Å². The maximum atomic E-state index is 13.1. The predicted octanol–water partition coefficient (Wildman–Crippen LogP) is 6.67. The Hall–Kier alpha value is -5.05. The van der Waals surface area contributed by atoms with Gasteiger partial charge in [-0.1, -0.05) is 66.3 Å². The van der Waals surface area contributed by atoms with E-state index in [4.69, 9.17) is 9.47 Å². The van der Waals surface area contributed by atoms with Gasteiger partial charge in [0.15, 0.2) is 5.13 Å². The number of nitrogens with one attached hydrogen (secondary N) is 2. The molecule has 2 heterocycles. The zero-order valence-corrected chi connectivity index (χ0v) is 34.5. The van der Waals surface area contributed by atoms with Crippen LogP contribution in [-0.4, -0.2) is 135 Å². The number of hydrogen-bond acceptors (Lipinski definition) is 10. The quantitative estimate of drug-likeness (QED) is 0.0940. The Morgan fingerprint density at radius 2 is 1.54 bits per heavy atom. The number of aromatic nitrogens is 1. The highest BCUT2D eigenvalue weighted by molar-refractivity contribution is 7.22. The summed E-state index contributed by atoms with van der Waals surface area (Å²) in [4.78, 5) is 62.6. The van der Waals surface area contributed by atoms with Crippen LogP contribution in [0.3, 0.4) is 0 Å². The third kappa shape index (κ3) is 13.3. The summed E-state index contributed by atoms with van der Waals surface area (Å²) in [5, 5.41) is 7.15. The van der Waals surface area contributed by atoms with E-state index in [0.717, 1.165) is 90.4 Å². The predicted molar refractivity (Wildman–Crippen MR) is 227 cm³/mol.